The Labute approximate surface area is 95.7 Å². The van der Waals surface area contributed by atoms with E-state index in [2.05, 4.69) is 0 Å². The molecule has 0 unspecified atom stereocenters. The fourth-order valence-corrected chi connectivity index (χ4v) is 1.61. The zero-order valence-corrected chi connectivity index (χ0v) is 9.77. The van der Waals surface area contributed by atoms with E-state index in [4.69, 9.17) is 5.73 Å². The molecule has 1 aromatic rings. The van der Waals surface area contributed by atoms with E-state index in [1.807, 2.05) is 13.8 Å². The van der Waals surface area contributed by atoms with Gasteiger partial charge in [0, 0.05) is 11.6 Å². The molecule has 0 fully saturated rings. The van der Waals surface area contributed by atoms with E-state index in [9.17, 15) is 9.50 Å². The lowest BCUT2D eigenvalue weighted by Gasteiger charge is -2.15. The Morgan fingerprint density at radius 2 is 2.07 bits per heavy atom. The average molecular weight is 234 g/mol. The van der Waals surface area contributed by atoms with Crippen LogP contribution in [0.2, 0.25) is 0 Å². The Balaban J connectivity index is 0.00000196. The predicted molar refractivity (Wildman–Crippen MR) is 61.9 cm³/mol. The van der Waals surface area contributed by atoms with Crippen molar-refractivity contribution in [3.63, 3.8) is 0 Å². The molecule has 0 aromatic heterocycles. The van der Waals surface area contributed by atoms with E-state index in [-0.39, 0.29) is 24.2 Å². The van der Waals surface area contributed by atoms with Crippen LogP contribution in [0.3, 0.4) is 0 Å². The number of benzene rings is 1. The molecular formula is C11H17ClFNO. The minimum absolute atomic E-state index is 0. The van der Waals surface area contributed by atoms with Crippen LogP contribution in [-0.4, -0.2) is 5.11 Å². The summed E-state index contributed by atoms with van der Waals surface area (Å²) in [6.45, 7) is 3.83. The molecule has 0 bridgehead atoms. The quantitative estimate of drug-likeness (QED) is 0.843. The topological polar surface area (TPSA) is 46.2 Å². The van der Waals surface area contributed by atoms with Crippen LogP contribution in [0.4, 0.5) is 4.39 Å². The second kappa shape index (κ2) is 5.93. The van der Waals surface area contributed by atoms with Crippen LogP contribution in [0.25, 0.3) is 0 Å². The SMILES string of the molecule is CCC[C@@H](N)c1c(C)ccc(F)c1O.Cl. The van der Waals surface area contributed by atoms with E-state index in [0.717, 1.165) is 18.4 Å². The third-order valence-corrected chi connectivity index (χ3v) is 2.36. The van der Waals surface area contributed by atoms with Crippen molar-refractivity contribution in [1.29, 1.82) is 0 Å². The average Bonchev–Trinajstić information content (AvgIpc) is 2.13. The van der Waals surface area contributed by atoms with Gasteiger partial charge in [-0.3, -0.25) is 0 Å². The third kappa shape index (κ3) is 3.08. The number of hydrogen-bond donors (Lipinski definition) is 2. The third-order valence-electron chi connectivity index (χ3n) is 2.36. The molecule has 1 rings (SSSR count). The van der Waals surface area contributed by atoms with Crippen LogP contribution >= 0.6 is 12.4 Å². The smallest absolute Gasteiger partial charge is 0.165 e. The van der Waals surface area contributed by atoms with Gasteiger partial charge >= 0.3 is 0 Å². The van der Waals surface area contributed by atoms with Crippen LogP contribution in [0.5, 0.6) is 5.75 Å². The normalized spacial score (nSPS) is 12.0. The summed E-state index contributed by atoms with van der Waals surface area (Å²) in [7, 11) is 0. The molecule has 0 amide bonds. The first-order valence-corrected chi connectivity index (χ1v) is 4.81. The van der Waals surface area contributed by atoms with E-state index >= 15 is 0 Å². The van der Waals surface area contributed by atoms with Crippen LogP contribution in [0.1, 0.15) is 36.9 Å². The van der Waals surface area contributed by atoms with E-state index < -0.39 is 5.82 Å². The summed E-state index contributed by atoms with van der Waals surface area (Å²) in [6, 6.07) is 2.61. The number of nitrogens with two attached hydrogens (primary N) is 1. The summed E-state index contributed by atoms with van der Waals surface area (Å²) in [5.41, 5.74) is 7.22. The van der Waals surface area contributed by atoms with Crippen molar-refractivity contribution in [2.75, 3.05) is 0 Å². The van der Waals surface area contributed by atoms with Gasteiger partial charge in [-0.05, 0) is 25.0 Å². The lowest BCUT2D eigenvalue weighted by Crippen LogP contribution is -2.12. The van der Waals surface area contributed by atoms with Gasteiger partial charge in [-0.15, -0.1) is 12.4 Å². The summed E-state index contributed by atoms with van der Waals surface area (Å²) in [5, 5.41) is 9.52. The minimum Gasteiger partial charge on any atom is -0.505 e. The molecule has 0 spiro atoms. The van der Waals surface area contributed by atoms with Crippen molar-refractivity contribution in [2.24, 2.45) is 5.73 Å². The van der Waals surface area contributed by atoms with Crippen molar-refractivity contribution in [3.05, 3.63) is 29.1 Å². The molecule has 3 N–H and O–H groups in total. The van der Waals surface area contributed by atoms with Gasteiger partial charge in [0.05, 0.1) is 0 Å². The number of aromatic hydroxyl groups is 1. The zero-order chi connectivity index (χ0) is 10.7. The highest BCUT2D eigenvalue weighted by molar-refractivity contribution is 5.85. The van der Waals surface area contributed by atoms with Crippen LogP contribution in [-0.2, 0) is 0 Å². The first-order valence-electron chi connectivity index (χ1n) is 4.81. The Kier molecular flexibility index (Phi) is 5.61. The number of rotatable bonds is 3. The molecule has 0 saturated carbocycles. The van der Waals surface area contributed by atoms with Gasteiger partial charge in [-0.25, -0.2) is 4.39 Å². The summed E-state index contributed by atoms with van der Waals surface area (Å²) in [6.07, 6.45) is 1.66. The molecule has 0 aliphatic heterocycles. The van der Waals surface area contributed by atoms with Crippen LogP contribution in [0.15, 0.2) is 12.1 Å². The maximum atomic E-state index is 13.1. The fraction of sp³-hybridized carbons (Fsp3) is 0.455. The van der Waals surface area contributed by atoms with Crippen LogP contribution < -0.4 is 5.73 Å². The number of phenols is 1. The number of halogens is 2. The van der Waals surface area contributed by atoms with Crippen molar-refractivity contribution >= 4 is 12.4 Å². The Hall–Kier alpha value is -0.800. The molecule has 15 heavy (non-hydrogen) atoms. The van der Waals surface area contributed by atoms with E-state index in [1.165, 1.54) is 6.07 Å². The minimum atomic E-state index is -0.600. The van der Waals surface area contributed by atoms with Gasteiger partial charge in [0.25, 0.3) is 0 Å². The molecular weight excluding hydrogens is 217 g/mol. The molecule has 0 aliphatic carbocycles. The van der Waals surface area contributed by atoms with E-state index in [1.54, 1.807) is 6.07 Å². The Bertz CT molecular complexity index is 331. The van der Waals surface area contributed by atoms with E-state index in [0.29, 0.717) is 5.56 Å². The van der Waals surface area contributed by atoms with Crippen LogP contribution in [0, 0.1) is 12.7 Å². The maximum absolute atomic E-state index is 13.1. The maximum Gasteiger partial charge on any atom is 0.165 e. The van der Waals surface area contributed by atoms with Gasteiger partial charge in [0.1, 0.15) is 0 Å². The highest BCUT2D eigenvalue weighted by Gasteiger charge is 2.15. The van der Waals surface area contributed by atoms with Crippen molar-refractivity contribution in [3.8, 4) is 5.75 Å². The fourth-order valence-electron chi connectivity index (χ4n) is 1.61. The molecule has 2 nitrogen and oxygen atoms in total. The number of hydrogen-bond acceptors (Lipinski definition) is 2. The molecule has 1 aromatic carbocycles. The molecule has 0 saturated heterocycles. The summed E-state index contributed by atoms with van der Waals surface area (Å²) in [4.78, 5) is 0. The Morgan fingerprint density at radius 1 is 1.47 bits per heavy atom. The van der Waals surface area contributed by atoms with Gasteiger partial charge in [0.15, 0.2) is 11.6 Å². The number of phenolic OH excluding ortho intramolecular Hbond substituents is 1. The van der Waals surface area contributed by atoms with Gasteiger partial charge < -0.3 is 10.8 Å². The predicted octanol–water partition coefficient (Wildman–Crippen LogP) is 3.06. The summed E-state index contributed by atoms with van der Waals surface area (Å²) in [5.74, 6) is -0.900. The highest BCUT2D eigenvalue weighted by atomic mass is 35.5. The van der Waals surface area contributed by atoms with Gasteiger partial charge in [-0.2, -0.15) is 0 Å². The Morgan fingerprint density at radius 3 is 2.60 bits per heavy atom. The molecule has 86 valence electrons. The van der Waals surface area contributed by atoms with Crippen molar-refractivity contribution < 1.29 is 9.50 Å². The highest BCUT2D eigenvalue weighted by Crippen LogP contribution is 2.30. The molecule has 1 atom stereocenters. The summed E-state index contributed by atoms with van der Waals surface area (Å²) >= 11 is 0. The zero-order valence-electron chi connectivity index (χ0n) is 8.96. The monoisotopic (exact) mass is 233 g/mol. The largest absolute Gasteiger partial charge is 0.505 e. The number of aryl methyl sites for hydroxylation is 1. The first kappa shape index (κ1) is 14.2. The van der Waals surface area contributed by atoms with Crippen molar-refractivity contribution in [2.45, 2.75) is 32.7 Å². The standard InChI is InChI=1S/C11H16FNO.ClH/c1-3-4-9(13)10-7(2)5-6-8(12)11(10)14;/h5-6,9,14H,3-4,13H2,1-2H3;1H/t9-;/m1./s1. The molecule has 0 aliphatic rings. The lowest BCUT2D eigenvalue weighted by molar-refractivity contribution is 0.417. The van der Waals surface area contributed by atoms with Crippen molar-refractivity contribution in [1.82, 2.24) is 0 Å². The molecule has 4 heteroatoms. The second-order valence-corrected chi connectivity index (χ2v) is 3.52. The van der Waals surface area contributed by atoms with Gasteiger partial charge in [-0.1, -0.05) is 19.4 Å². The second-order valence-electron chi connectivity index (χ2n) is 3.52. The first-order chi connectivity index (χ1) is 6.57. The lowest BCUT2D eigenvalue weighted by atomic mass is 9.97. The van der Waals surface area contributed by atoms with Gasteiger partial charge in [0.2, 0.25) is 0 Å². The summed E-state index contributed by atoms with van der Waals surface area (Å²) < 4.78 is 13.1. The molecule has 0 radical (unpaired) electrons. The molecule has 0 heterocycles.